The molecule has 1 aliphatic heterocycles. The van der Waals surface area contributed by atoms with Crippen molar-refractivity contribution in [1.29, 1.82) is 0 Å². The van der Waals surface area contributed by atoms with E-state index < -0.39 is 11.9 Å². The Morgan fingerprint density at radius 3 is 2.67 bits per heavy atom. The lowest BCUT2D eigenvalue weighted by molar-refractivity contribution is -0.140. The van der Waals surface area contributed by atoms with E-state index in [2.05, 4.69) is 20.9 Å². The molecular weight excluding hydrogens is 509 g/mol. The van der Waals surface area contributed by atoms with Gasteiger partial charge in [0.15, 0.2) is 0 Å². The molecule has 1 aliphatic rings. The first kappa shape index (κ1) is 26.2. The van der Waals surface area contributed by atoms with Gasteiger partial charge in [-0.05, 0) is 58.6 Å². The average Bonchev–Trinajstić information content (AvgIpc) is 3.29. The van der Waals surface area contributed by atoms with Gasteiger partial charge in [-0.15, -0.1) is 12.4 Å². The molecule has 0 saturated carbocycles. The molecule has 0 spiro atoms. The molecule has 1 fully saturated rings. The molecule has 1 aromatic carbocycles. The van der Waals surface area contributed by atoms with Crippen LogP contribution in [0.25, 0.3) is 22.0 Å². The highest BCUT2D eigenvalue weighted by molar-refractivity contribution is 7.08. The molecule has 0 aliphatic carbocycles. The summed E-state index contributed by atoms with van der Waals surface area (Å²) in [7, 11) is 1.66. The normalized spacial score (nSPS) is 14.9. The first-order valence-corrected chi connectivity index (χ1v) is 12.4. The molecule has 5 rings (SSSR count). The van der Waals surface area contributed by atoms with Crippen molar-refractivity contribution in [3.05, 3.63) is 70.7 Å². The van der Waals surface area contributed by atoms with Crippen molar-refractivity contribution in [2.45, 2.75) is 19.1 Å². The fourth-order valence-corrected chi connectivity index (χ4v) is 5.17. The third-order valence-corrected chi connectivity index (χ3v) is 6.94. The number of methoxy groups -OCH3 is 1. The summed E-state index contributed by atoms with van der Waals surface area (Å²) in [6, 6.07) is 12.5. The van der Waals surface area contributed by atoms with Gasteiger partial charge in [-0.2, -0.15) is 24.5 Å². The van der Waals surface area contributed by atoms with Gasteiger partial charge in [0.2, 0.25) is 0 Å². The largest absolute Gasteiger partial charge is 0.497 e. The highest BCUT2D eigenvalue weighted by atomic mass is 35.5. The lowest BCUT2D eigenvalue weighted by Gasteiger charge is -2.24. The topological polar surface area (TPSA) is 41.5 Å². The minimum absolute atomic E-state index is 0. The van der Waals surface area contributed by atoms with Crippen LogP contribution < -0.4 is 9.64 Å². The van der Waals surface area contributed by atoms with Gasteiger partial charge in [-0.3, -0.25) is 4.90 Å². The number of hydrogen-bond donors (Lipinski definition) is 0. The zero-order valence-corrected chi connectivity index (χ0v) is 21.3. The SMILES string of the molecule is COc1cccc(CN2CCCN(c3ncc(-c4ccsc4)c4nc(C(F)(F)F)ccc34)CC2)c1.Cl. The minimum Gasteiger partial charge on any atom is -0.497 e. The Morgan fingerprint density at radius 2 is 1.92 bits per heavy atom. The molecule has 36 heavy (non-hydrogen) atoms. The monoisotopic (exact) mass is 534 g/mol. The minimum atomic E-state index is -4.51. The average molecular weight is 535 g/mol. The number of rotatable bonds is 5. The molecule has 4 heterocycles. The van der Waals surface area contributed by atoms with Crippen LogP contribution in [-0.2, 0) is 12.7 Å². The van der Waals surface area contributed by atoms with Crippen molar-refractivity contribution < 1.29 is 17.9 Å². The first-order valence-electron chi connectivity index (χ1n) is 11.4. The number of fused-ring (bicyclic) bond motifs is 1. The van der Waals surface area contributed by atoms with Crippen LogP contribution in [0.4, 0.5) is 19.0 Å². The third kappa shape index (κ3) is 5.58. The summed E-state index contributed by atoms with van der Waals surface area (Å²) in [5.41, 5.74) is 2.07. The molecule has 1 saturated heterocycles. The van der Waals surface area contributed by atoms with Gasteiger partial charge < -0.3 is 9.64 Å². The van der Waals surface area contributed by atoms with Crippen LogP contribution in [-0.4, -0.2) is 48.2 Å². The molecule has 5 nitrogen and oxygen atoms in total. The molecule has 0 bridgehead atoms. The van der Waals surface area contributed by atoms with Crippen LogP contribution in [0.3, 0.4) is 0 Å². The van der Waals surface area contributed by atoms with Crippen molar-refractivity contribution in [3.63, 3.8) is 0 Å². The summed E-state index contributed by atoms with van der Waals surface area (Å²) in [4.78, 5) is 13.3. The smallest absolute Gasteiger partial charge is 0.433 e. The van der Waals surface area contributed by atoms with E-state index in [0.717, 1.165) is 56.5 Å². The highest BCUT2D eigenvalue weighted by Gasteiger charge is 2.33. The summed E-state index contributed by atoms with van der Waals surface area (Å²) >= 11 is 1.49. The van der Waals surface area contributed by atoms with Crippen LogP contribution in [0.2, 0.25) is 0 Å². The second kappa shape index (κ2) is 11.0. The van der Waals surface area contributed by atoms with Crippen molar-refractivity contribution >= 4 is 40.5 Å². The lowest BCUT2D eigenvalue weighted by atomic mass is 10.1. The number of aromatic nitrogens is 2. The summed E-state index contributed by atoms with van der Waals surface area (Å²) in [6.07, 6.45) is -1.92. The van der Waals surface area contributed by atoms with Crippen molar-refractivity contribution in [2.75, 3.05) is 38.2 Å². The molecule has 10 heteroatoms. The van der Waals surface area contributed by atoms with Crippen LogP contribution in [0.1, 0.15) is 17.7 Å². The number of ether oxygens (including phenoxy) is 1. The van der Waals surface area contributed by atoms with E-state index >= 15 is 0 Å². The molecule has 0 atom stereocenters. The first-order chi connectivity index (χ1) is 16.9. The second-order valence-electron chi connectivity index (χ2n) is 8.57. The van der Waals surface area contributed by atoms with Crippen molar-refractivity contribution in [3.8, 4) is 16.9 Å². The molecular formula is C26H26ClF3N4OS. The van der Waals surface area contributed by atoms with Crippen LogP contribution in [0, 0.1) is 0 Å². The van der Waals surface area contributed by atoms with E-state index in [1.807, 2.05) is 35.0 Å². The number of anilines is 1. The zero-order chi connectivity index (χ0) is 24.4. The maximum absolute atomic E-state index is 13.5. The number of pyridine rings is 2. The second-order valence-corrected chi connectivity index (χ2v) is 9.35. The van der Waals surface area contributed by atoms with Crippen LogP contribution in [0.5, 0.6) is 5.75 Å². The fourth-order valence-electron chi connectivity index (χ4n) is 4.51. The summed E-state index contributed by atoms with van der Waals surface area (Å²) < 4.78 is 45.7. The molecule has 4 aromatic rings. The standard InChI is InChI=1S/C26H25F3N4OS.ClH/c1-34-20-5-2-4-18(14-20)16-32-9-3-10-33(12-11-32)25-21-6-7-23(26(27,28)29)31-24(21)22(15-30-25)19-8-13-35-17-19;/h2,4-8,13-15,17H,3,9-12,16H2,1H3;1H. The predicted molar refractivity (Wildman–Crippen MR) is 140 cm³/mol. The maximum Gasteiger partial charge on any atom is 0.433 e. The molecule has 0 unspecified atom stereocenters. The lowest BCUT2D eigenvalue weighted by Crippen LogP contribution is -2.31. The number of benzene rings is 1. The Bertz CT molecular complexity index is 1320. The number of halogens is 4. The van der Waals surface area contributed by atoms with Crippen LogP contribution in [0.15, 0.2) is 59.4 Å². The van der Waals surface area contributed by atoms with E-state index in [-0.39, 0.29) is 12.4 Å². The summed E-state index contributed by atoms with van der Waals surface area (Å²) in [6.45, 7) is 4.06. The predicted octanol–water partition coefficient (Wildman–Crippen LogP) is 6.52. The Labute approximate surface area is 218 Å². The van der Waals surface area contributed by atoms with Gasteiger partial charge in [-0.1, -0.05) is 12.1 Å². The number of thiophene rings is 1. The van der Waals surface area contributed by atoms with Crippen molar-refractivity contribution in [1.82, 2.24) is 14.9 Å². The maximum atomic E-state index is 13.5. The van der Waals surface area contributed by atoms with E-state index in [4.69, 9.17) is 9.72 Å². The number of alkyl halides is 3. The Balaban J connectivity index is 0.00000304. The van der Waals surface area contributed by atoms with Gasteiger partial charge in [0.05, 0.1) is 12.6 Å². The van der Waals surface area contributed by atoms with Crippen molar-refractivity contribution in [2.24, 2.45) is 0 Å². The summed E-state index contributed by atoms with van der Waals surface area (Å²) in [5, 5.41) is 4.44. The highest BCUT2D eigenvalue weighted by Crippen LogP contribution is 2.36. The van der Waals surface area contributed by atoms with Gasteiger partial charge in [-0.25, -0.2) is 9.97 Å². The Morgan fingerprint density at radius 1 is 1.06 bits per heavy atom. The Hall–Kier alpha value is -2.88. The Kier molecular flexibility index (Phi) is 8.02. The molecule has 0 radical (unpaired) electrons. The fraction of sp³-hybridized carbons (Fsp3) is 0.308. The van der Waals surface area contributed by atoms with Gasteiger partial charge in [0.25, 0.3) is 0 Å². The number of hydrogen-bond acceptors (Lipinski definition) is 6. The van der Waals surface area contributed by atoms with E-state index in [1.165, 1.54) is 23.0 Å². The van der Waals surface area contributed by atoms with Gasteiger partial charge in [0, 0.05) is 49.9 Å². The van der Waals surface area contributed by atoms with Crippen LogP contribution >= 0.6 is 23.7 Å². The molecule has 0 N–H and O–H groups in total. The molecule has 190 valence electrons. The van der Waals surface area contributed by atoms with Gasteiger partial charge in [0.1, 0.15) is 17.3 Å². The number of nitrogens with zero attached hydrogens (tertiary/aromatic N) is 4. The third-order valence-electron chi connectivity index (χ3n) is 6.26. The summed E-state index contributed by atoms with van der Waals surface area (Å²) in [5.74, 6) is 1.52. The molecule has 0 amide bonds. The van der Waals surface area contributed by atoms with E-state index in [1.54, 1.807) is 13.3 Å². The quantitative estimate of drug-likeness (QED) is 0.291. The van der Waals surface area contributed by atoms with E-state index in [9.17, 15) is 13.2 Å². The zero-order valence-electron chi connectivity index (χ0n) is 19.7. The molecule has 3 aromatic heterocycles. The van der Waals surface area contributed by atoms with E-state index in [0.29, 0.717) is 22.3 Å². The van der Waals surface area contributed by atoms with Gasteiger partial charge >= 0.3 is 6.18 Å².